The summed E-state index contributed by atoms with van der Waals surface area (Å²) in [6, 6.07) is 12.8. The minimum absolute atomic E-state index is 0.124. The van der Waals surface area contributed by atoms with Gasteiger partial charge in [0.2, 0.25) is 5.12 Å². The second-order valence-electron chi connectivity index (χ2n) is 4.04. The van der Waals surface area contributed by atoms with Crippen molar-refractivity contribution in [2.75, 3.05) is 11.5 Å². The van der Waals surface area contributed by atoms with Crippen LogP contribution >= 0.6 is 12.0 Å². The third kappa shape index (κ3) is 3.42. The molecule has 0 spiro atoms. The Hall–Kier alpha value is -2.14. The van der Waals surface area contributed by atoms with E-state index in [0.29, 0.717) is 17.1 Å². The Kier molecular flexibility index (Phi) is 3.97. The molecule has 4 nitrogen and oxygen atoms in total. The van der Waals surface area contributed by atoms with Crippen LogP contribution < -0.4 is 15.7 Å². The first kappa shape index (κ1) is 13.3. The van der Waals surface area contributed by atoms with Gasteiger partial charge in [0.25, 0.3) is 0 Å². The maximum Gasteiger partial charge on any atom is 0.224 e. The van der Waals surface area contributed by atoms with Crippen LogP contribution in [-0.4, -0.2) is 5.12 Å². The Bertz CT molecular complexity index is 614. The minimum Gasteiger partial charge on any atom is -0.417 e. The molecule has 0 saturated heterocycles. The Labute approximate surface area is 116 Å². The molecular weight excluding hydrogens is 260 g/mol. The van der Waals surface area contributed by atoms with Crippen LogP contribution in [0.2, 0.25) is 0 Å². The van der Waals surface area contributed by atoms with E-state index in [1.807, 2.05) is 30.3 Å². The fourth-order valence-corrected chi connectivity index (χ4v) is 2.00. The lowest BCUT2D eigenvalue weighted by molar-refractivity contribution is -0.109. The summed E-state index contributed by atoms with van der Waals surface area (Å²) in [5.41, 5.74) is 14.5. The van der Waals surface area contributed by atoms with Gasteiger partial charge >= 0.3 is 0 Å². The first-order chi connectivity index (χ1) is 9.06. The van der Waals surface area contributed by atoms with Gasteiger partial charge in [0.1, 0.15) is 17.8 Å². The maximum absolute atomic E-state index is 11.0. The molecule has 4 N–H and O–H groups in total. The molecule has 19 heavy (non-hydrogen) atoms. The van der Waals surface area contributed by atoms with Gasteiger partial charge in [0.05, 0.1) is 0 Å². The van der Waals surface area contributed by atoms with Gasteiger partial charge in [-0.2, -0.15) is 0 Å². The zero-order valence-corrected chi connectivity index (χ0v) is 11.2. The number of benzene rings is 2. The molecule has 0 amide bonds. The Morgan fingerprint density at radius 1 is 1.11 bits per heavy atom. The van der Waals surface area contributed by atoms with Crippen molar-refractivity contribution in [1.82, 2.24) is 0 Å². The van der Waals surface area contributed by atoms with Crippen LogP contribution in [0.15, 0.2) is 42.5 Å². The summed E-state index contributed by atoms with van der Waals surface area (Å²) in [7, 11) is 0. The van der Waals surface area contributed by atoms with Crippen molar-refractivity contribution in [3.63, 3.8) is 0 Å². The van der Waals surface area contributed by atoms with Gasteiger partial charge in [-0.15, -0.1) is 0 Å². The summed E-state index contributed by atoms with van der Waals surface area (Å²) in [5, 5.41) is -0.124. The summed E-state index contributed by atoms with van der Waals surface area (Å²) in [4.78, 5) is 11.0. The number of carbonyl (C=O) groups excluding carboxylic acids is 1. The van der Waals surface area contributed by atoms with Gasteiger partial charge < -0.3 is 15.7 Å². The third-order valence-electron chi connectivity index (χ3n) is 2.45. The average Bonchev–Trinajstić information content (AvgIpc) is 2.36. The molecule has 5 heteroatoms. The number of nitrogen functional groups attached to an aromatic ring is 2. The smallest absolute Gasteiger partial charge is 0.224 e. The van der Waals surface area contributed by atoms with Crippen LogP contribution in [0.3, 0.4) is 0 Å². The van der Waals surface area contributed by atoms with Crippen molar-refractivity contribution >= 4 is 28.5 Å². The molecule has 0 aromatic heterocycles. The van der Waals surface area contributed by atoms with Crippen molar-refractivity contribution in [3.8, 4) is 16.9 Å². The summed E-state index contributed by atoms with van der Waals surface area (Å²) in [6.07, 6.45) is 0. The van der Waals surface area contributed by atoms with E-state index >= 15 is 0 Å². The van der Waals surface area contributed by atoms with Crippen LogP contribution in [-0.2, 0) is 4.79 Å². The predicted octanol–water partition coefficient (Wildman–Crippen LogP) is 3.09. The Morgan fingerprint density at radius 3 is 2.53 bits per heavy atom. The summed E-state index contributed by atoms with van der Waals surface area (Å²) < 4.78 is 5.42. The highest BCUT2D eigenvalue weighted by Crippen LogP contribution is 2.34. The zero-order chi connectivity index (χ0) is 13.8. The summed E-state index contributed by atoms with van der Waals surface area (Å²) >= 11 is 0.780. The Morgan fingerprint density at radius 2 is 1.84 bits per heavy atom. The highest BCUT2D eigenvalue weighted by atomic mass is 32.2. The van der Waals surface area contributed by atoms with Gasteiger partial charge in [-0.25, -0.2) is 0 Å². The van der Waals surface area contributed by atoms with E-state index in [1.54, 1.807) is 12.1 Å². The molecule has 0 heterocycles. The second-order valence-corrected chi connectivity index (χ2v) is 4.95. The first-order valence-corrected chi connectivity index (χ1v) is 6.41. The van der Waals surface area contributed by atoms with Crippen LogP contribution in [0.1, 0.15) is 6.92 Å². The van der Waals surface area contributed by atoms with Crippen molar-refractivity contribution < 1.29 is 8.98 Å². The zero-order valence-electron chi connectivity index (χ0n) is 10.4. The molecule has 0 unspecified atom stereocenters. The highest BCUT2D eigenvalue weighted by Gasteiger charge is 2.09. The quantitative estimate of drug-likeness (QED) is 0.664. The highest BCUT2D eigenvalue weighted by molar-refractivity contribution is 8.09. The van der Waals surface area contributed by atoms with Gasteiger partial charge in [-0.1, -0.05) is 12.1 Å². The van der Waals surface area contributed by atoms with E-state index < -0.39 is 0 Å². The Balaban J connectivity index is 2.41. The molecule has 0 fully saturated rings. The molecule has 0 bridgehead atoms. The van der Waals surface area contributed by atoms with E-state index in [4.69, 9.17) is 15.7 Å². The fraction of sp³-hybridized carbons (Fsp3) is 0.0714. The molecule has 0 atom stereocenters. The molecule has 0 aliphatic rings. The topological polar surface area (TPSA) is 78.3 Å². The SMILES string of the molecule is CC(=O)SOc1cc(N)ccc1-c1cccc(N)c1. The predicted molar refractivity (Wildman–Crippen MR) is 79.6 cm³/mol. The second kappa shape index (κ2) is 5.67. The summed E-state index contributed by atoms with van der Waals surface area (Å²) in [6.45, 7) is 1.44. The molecule has 2 aromatic rings. The number of nitrogens with two attached hydrogens (primary N) is 2. The summed E-state index contributed by atoms with van der Waals surface area (Å²) in [5.74, 6) is 0.547. The molecule has 2 rings (SSSR count). The van der Waals surface area contributed by atoms with Gasteiger partial charge in [0, 0.05) is 29.9 Å². The van der Waals surface area contributed by atoms with Crippen LogP contribution in [0.5, 0.6) is 5.75 Å². The molecule has 0 aliphatic carbocycles. The number of rotatable bonds is 3. The standard InChI is InChI=1S/C14H14N2O2S/c1-9(17)19-18-14-8-12(16)5-6-13(14)10-3-2-4-11(15)7-10/h2-8H,15-16H2,1H3. The van der Waals surface area contributed by atoms with Crippen molar-refractivity contribution in [3.05, 3.63) is 42.5 Å². The first-order valence-electron chi connectivity index (χ1n) is 5.67. The largest absolute Gasteiger partial charge is 0.417 e. The lowest BCUT2D eigenvalue weighted by Gasteiger charge is -2.10. The number of hydrogen-bond acceptors (Lipinski definition) is 5. The van der Waals surface area contributed by atoms with E-state index in [0.717, 1.165) is 23.2 Å². The lowest BCUT2D eigenvalue weighted by Crippen LogP contribution is -1.94. The van der Waals surface area contributed by atoms with Gasteiger partial charge in [-0.05, 0) is 29.8 Å². The number of carbonyl (C=O) groups is 1. The van der Waals surface area contributed by atoms with E-state index in [1.165, 1.54) is 6.92 Å². The van der Waals surface area contributed by atoms with Crippen molar-refractivity contribution in [2.45, 2.75) is 6.92 Å². The van der Waals surface area contributed by atoms with Crippen molar-refractivity contribution in [1.29, 1.82) is 0 Å². The average molecular weight is 274 g/mol. The van der Waals surface area contributed by atoms with Crippen molar-refractivity contribution in [2.24, 2.45) is 0 Å². The van der Waals surface area contributed by atoms with E-state index in [2.05, 4.69) is 0 Å². The normalized spacial score (nSPS) is 10.2. The molecule has 0 radical (unpaired) electrons. The number of hydrogen-bond donors (Lipinski definition) is 2. The van der Waals surface area contributed by atoms with E-state index in [9.17, 15) is 4.79 Å². The van der Waals surface area contributed by atoms with Crippen LogP contribution in [0.25, 0.3) is 11.1 Å². The van der Waals surface area contributed by atoms with Crippen LogP contribution in [0.4, 0.5) is 11.4 Å². The molecule has 0 saturated carbocycles. The van der Waals surface area contributed by atoms with Crippen LogP contribution in [0, 0.1) is 0 Å². The minimum atomic E-state index is -0.124. The molecule has 2 aromatic carbocycles. The monoisotopic (exact) mass is 274 g/mol. The lowest BCUT2D eigenvalue weighted by atomic mass is 10.0. The van der Waals surface area contributed by atoms with Gasteiger partial charge in [-0.3, -0.25) is 4.79 Å². The molecular formula is C14H14N2O2S. The third-order valence-corrected chi connectivity index (χ3v) is 2.95. The number of anilines is 2. The van der Waals surface area contributed by atoms with E-state index in [-0.39, 0.29) is 5.12 Å². The molecule has 98 valence electrons. The fourth-order valence-electron chi connectivity index (χ4n) is 1.66. The molecule has 0 aliphatic heterocycles. The van der Waals surface area contributed by atoms with Gasteiger partial charge in [0.15, 0.2) is 0 Å². The maximum atomic E-state index is 11.0.